The summed E-state index contributed by atoms with van der Waals surface area (Å²) in [5.41, 5.74) is 1.32. The fourth-order valence-electron chi connectivity index (χ4n) is 1.43. The third kappa shape index (κ3) is 2.48. The van der Waals surface area contributed by atoms with Crippen molar-refractivity contribution in [2.24, 2.45) is 0 Å². The van der Waals surface area contributed by atoms with Crippen LogP contribution >= 0.6 is 11.8 Å². The minimum Gasteiger partial charge on any atom is -0.295 e. The van der Waals surface area contributed by atoms with Crippen LogP contribution in [0.25, 0.3) is 0 Å². The molecule has 2 rings (SSSR count). The van der Waals surface area contributed by atoms with Crippen molar-refractivity contribution in [3.05, 3.63) is 46.9 Å². The van der Waals surface area contributed by atoms with Gasteiger partial charge in [-0.15, -0.1) is 11.8 Å². The predicted octanol–water partition coefficient (Wildman–Crippen LogP) is 3.17. The molecule has 0 radical (unpaired) electrons. The molecule has 0 heterocycles. The molecule has 14 heavy (non-hydrogen) atoms. The topological polar surface area (TPSA) is 17.1 Å². The maximum Gasteiger partial charge on any atom is 0.156 e. The van der Waals surface area contributed by atoms with E-state index < -0.39 is 0 Å². The summed E-state index contributed by atoms with van der Waals surface area (Å²) in [7, 11) is 0. The van der Waals surface area contributed by atoms with Gasteiger partial charge in [0, 0.05) is 12.2 Å². The molecular formula is C12H12OS. The molecule has 0 saturated heterocycles. The molecule has 0 spiro atoms. The van der Waals surface area contributed by atoms with Gasteiger partial charge in [0.05, 0.1) is 0 Å². The zero-order valence-corrected chi connectivity index (χ0v) is 8.72. The lowest BCUT2D eigenvalue weighted by Crippen LogP contribution is -1.80. The molecule has 0 saturated carbocycles. The van der Waals surface area contributed by atoms with Gasteiger partial charge in [0.2, 0.25) is 0 Å². The van der Waals surface area contributed by atoms with Crippen LogP contribution in [0.5, 0.6) is 0 Å². The van der Waals surface area contributed by atoms with Gasteiger partial charge in [-0.2, -0.15) is 0 Å². The Balaban J connectivity index is 1.89. The van der Waals surface area contributed by atoms with Gasteiger partial charge in [-0.25, -0.2) is 0 Å². The maximum absolute atomic E-state index is 11.0. The Bertz CT molecular complexity index is 354. The Morgan fingerprint density at radius 3 is 2.57 bits per heavy atom. The number of hydrogen-bond donors (Lipinski definition) is 0. The number of carbonyl (C=O) groups excluding carboxylic acids is 1. The molecule has 2 heteroatoms. The first-order chi connectivity index (χ1) is 6.84. The van der Waals surface area contributed by atoms with E-state index in [0.29, 0.717) is 6.42 Å². The van der Waals surface area contributed by atoms with Crippen LogP contribution in [0.15, 0.2) is 41.3 Å². The van der Waals surface area contributed by atoms with Gasteiger partial charge in [0.1, 0.15) is 0 Å². The first-order valence-electron chi connectivity index (χ1n) is 4.75. The van der Waals surface area contributed by atoms with Crippen LogP contribution in [0.1, 0.15) is 18.4 Å². The summed E-state index contributed by atoms with van der Waals surface area (Å²) < 4.78 is 0. The lowest BCUT2D eigenvalue weighted by molar-refractivity contribution is -0.114. The van der Waals surface area contributed by atoms with Crippen LogP contribution in [0.4, 0.5) is 0 Å². The molecule has 0 amide bonds. The van der Waals surface area contributed by atoms with E-state index in [1.807, 2.05) is 18.2 Å². The second-order valence-electron chi connectivity index (χ2n) is 3.35. The highest BCUT2D eigenvalue weighted by molar-refractivity contribution is 8.02. The molecule has 0 N–H and O–H groups in total. The number of benzene rings is 1. The normalized spacial score (nSPS) is 15.7. The molecule has 72 valence electrons. The second kappa shape index (κ2) is 4.47. The molecular weight excluding hydrogens is 192 g/mol. The van der Waals surface area contributed by atoms with Crippen LogP contribution < -0.4 is 0 Å². The molecule has 1 nitrogen and oxygen atoms in total. The summed E-state index contributed by atoms with van der Waals surface area (Å²) in [4.78, 5) is 12.2. The van der Waals surface area contributed by atoms with Gasteiger partial charge >= 0.3 is 0 Å². The standard InChI is InChI=1S/C12H12OS/c13-11-6-7-12(8-11)14-9-10-4-2-1-3-5-10/h1-5,8H,6-7,9H2. The average molecular weight is 204 g/mol. The van der Waals surface area contributed by atoms with Crippen LogP contribution in [-0.2, 0) is 10.5 Å². The van der Waals surface area contributed by atoms with Crippen molar-refractivity contribution in [2.75, 3.05) is 0 Å². The number of rotatable bonds is 3. The quantitative estimate of drug-likeness (QED) is 0.752. The molecule has 1 aromatic rings. The Hall–Kier alpha value is -1.02. The van der Waals surface area contributed by atoms with Crippen LogP contribution in [0.3, 0.4) is 0 Å². The van der Waals surface area contributed by atoms with Crippen LogP contribution in [0, 0.1) is 0 Å². The summed E-state index contributed by atoms with van der Waals surface area (Å²) >= 11 is 1.78. The molecule has 0 fully saturated rings. The van der Waals surface area contributed by atoms with Gasteiger partial charge in [0.25, 0.3) is 0 Å². The molecule has 0 atom stereocenters. The summed E-state index contributed by atoms with van der Waals surface area (Å²) in [6.45, 7) is 0. The highest BCUT2D eigenvalue weighted by atomic mass is 32.2. The lowest BCUT2D eigenvalue weighted by atomic mass is 10.2. The second-order valence-corrected chi connectivity index (χ2v) is 4.45. The number of hydrogen-bond acceptors (Lipinski definition) is 2. The predicted molar refractivity (Wildman–Crippen MR) is 60.1 cm³/mol. The average Bonchev–Trinajstić information content (AvgIpc) is 2.63. The van der Waals surface area contributed by atoms with Gasteiger partial charge in [-0.1, -0.05) is 30.3 Å². The lowest BCUT2D eigenvalue weighted by Gasteiger charge is -2.00. The Kier molecular flexibility index (Phi) is 3.04. The Labute approximate surface area is 88.2 Å². The number of thioether (sulfide) groups is 1. The van der Waals surface area contributed by atoms with Crippen molar-refractivity contribution in [3.8, 4) is 0 Å². The smallest absolute Gasteiger partial charge is 0.156 e. The highest BCUT2D eigenvalue weighted by Gasteiger charge is 2.11. The maximum atomic E-state index is 11.0. The molecule has 0 aromatic heterocycles. The van der Waals surface area contributed by atoms with Crippen molar-refractivity contribution in [3.63, 3.8) is 0 Å². The Morgan fingerprint density at radius 1 is 1.14 bits per heavy atom. The molecule has 0 unspecified atom stereocenters. The van der Waals surface area contributed by atoms with E-state index in [1.165, 1.54) is 10.5 Å². The van der Waals surface area contributed by atoms with Crippen LogP contribution in [0.2, 0.25) is 0 Å². The van der Waals surface area contributed by atoms with Crippen molar-refractivity contribution in [1.29, 1.82) is 0 Å². The monoisotopic (exact) mass is 204 g/mol. The van der Waals surface area contributed by atoms with Crippen molar-refractivity contribution >= 4 is 17.5 Å². The van der Waals surface area contributed by atoms with E-state index >= 15 is 0 Å². The third-order valence-electron chi connectivity index (χ3n) is 2.21. The van der Waals surface area contributed by atoms with E-state index in [9.17, 15) is 4.79 Å². The summed E-state index contributed by atoms with van der Waals surface area (Å²) in [6, 6.07) is 10.3. The highest BCUT2D eigenvalue weighted by Crippen LogP contribution is 2.29. The Morgan fingerprint density at radius 2 is 1.93 bits per heavy atom. The number of ketones is 1. The molecule has 0 bridgehead atoms. The van der Waals surface area contributed by atoms with E-state index in [1.54, 1.807) is 17.8 Å². The summed E-state index contributed by atoms with van der Waals surface area (Å²) in [5, 5.41) is 0. The first-order valence-corrected chi connectivity index (χ1v) is 5.73. The third-order valence-corrected chi connectivity index (χ3v) is 3.38. The fraction of sp³-hybridized carbons (Fsp3) is 0.250. The van der Waals surface area contributed by atoms with Gasteiger partial charge < -0.3 is 0 Å². The largest absolute Gasteiger partial charge is 0.295 e. The minimum absolute atomic E-state index is 0.278. The SMILES string of the molecule is O=C1C=C(SCc2ccccc2)CC1. The van der Waals surface area contributed by atoms with E-state index in [4.69, 9.17) is 0 Å². The van der Waals surface area contributed by atoms with Crippen LogP contribution in [-0.4, -0.2) is 5.78 Å². The molecule has 1 aromatic carbocycles. The summed E-state index contributed by atoms with van der Waals surface area (Å²) in [6.07, 6.45) is 3.43. The van der Waals surface area contributed by atoms with Gasteiger partial charge in [-0.3, -0.25) is 4.79 Å². The van der Waals surface area contributed by atoms with E-state index in [0.717, 1.165) is 12.2 Å². The molecule has 1 aliphatic rings. The van der Waals surface area contributed by atoms with E-state index in [-0.39, 0.29) is 5.78 Å². The molecule has 0 aliphatic heterocycles. The number of allylic oxidation sites excluding steroid dienone is 2. The first kappa shape index (κ1) is 9.53. The molecule has 1 aliphatic carbocycles. The van der Waals surface area contributed by atoms with Gasteiger partial charge in [-0.05, 0) is 23.0 Å². The minimum atomic E-state index is 0.278. The van der Waals surface area contributed by atoms with Crippen molar-refractivity contribution in [2.45, 2.75) is 18.6 Å². The summed E-state index contributed by atoms with van der Waals surface area (Å²) in [5.74, 6) is 1.25. The van der Waals surface area contributed by atoms with Crippen molar-refractivity contribution < 1.29 is 4.79 Å². The zero-order chi connectivity index (χ0) is 9.80. The van der Waals surface area contributed by atoms with Gasteiger partial charge in [0.15, 0.2) is 5.78 Å². The number of carbonyl (C=O) groups is 1. The fourth-order valence-corrected chi connectivity index (χ4v) is 2.44. The van der Waals surface area contributed by atoms with Crippen molar-refractivity contribution in [1.82, 2.24) is 0 Å². The zero-order valence-electron chi connectivity index (χ0n) is 7.90. The van der Waals surface area contributed by atoms with E-state index in [2.05, 4.69) is 12.1 Å².